The van der Waals surface area contributed by atoms with Gasteiger partial charge < -0.3 is 9.64 Å². The third-order valence-electron chi connectivity index (χ3n) is 4.67. The molecule has 0 N–H and O–H groups in total. The zero-order valence-corrected chi connectivity index (χ0v) is 16.2. The lowest BCUT2D eigenvalue weighted by Crippen LogP contribution is -2.41. The number of fused-ring (bicyclic) bond motifs is 1. The lowest BCUT2D eigenvalue weighted by Gasteiger charge is -2.31. The van der Waals surface area contributed by atoms with E-state index < -0.39 is 0 Å². The maximum absolute atomic E-state index is 6.50. The SMILES string of the molecule is Clc1ccccc1N(CCN1CCOCC1)Cc1cc2ncccc2s1. The van der Waals surface area contributed by atoms with Gasteiger partial charge in [0, 0.05) is 37.3 Å². The summed E-state index contributed by atoms with van der Waals surface area (Å²) in [4.78, 5) is 10.6. The number of thiophene rings is 1. The number of rotatable bonds is 6. The number of aromatic nitrogens is 1. The van der Waals surface area contributed by atoms with Crippen molar-refractivity contribution in [3.05, 3.63) is 58.6 Å². The molecule has 2 aromatic heterocycles. The highest BCUT2D eigenvalue weighted by Gasteiger charge is 2.16. The molecule has 136 valence electrons. The summed E-state index contributed by atoms with van der Waals surface area (Å²) >= 11 is 8.31. The van der Waals surface area contributed by atoms with Crippen molar-refractivity contribution in [2.24, 2.45) is 0 Å². The van der Waals surface area contributed by atoms with Crippen molar-refractivity contribution in [3.8, 4) is 0 Å². The van der Waals surface area contributed by atoms with Crippen LogP contribution in [0.15, 0.2) is 48.7 Å². The highest BCUT2D eigenvalue weighted by molar-refractivity contribution is 7.19. The van der Waals surface area contributed by atoms with Gasteiger partial charge in [-0.25, -0.2) is 0 Å². The van der Waals surface area contributed by atoms with Crippen LogP contribution in [0.1, 0.15) is 4.88 Å². The Labute approximate surface area is 163 Å². The third kappa shape index (κ3) is 4.18. The van der Waals surface area contributed by atoms with Crippen LogP contribution >= 0.6 is 22.9 Å². The molecule has 0 atom stereocenters. The van der Waals surface area contributed by atoms with Gasteiger partial charge in [0.1, 0.15) is 0 Å². The number of ether oxygens (including phenoxy) is 1. The van der Waals surface area contributed by atoms with Crippen LogP contribution in [0, 0.1) is 0 Å². The Morgan fingerprint density at radius 3 is 2.81 bits per heavy atom. The molecule has 0 radical (unpaired) electrons. The smallest absolute Gasteiger partial charge is 0.0813 e. The van der Waals surface area contributed by atoms with Crippen LogP contribution in [0.25, 0.3) is 10.2 Å². The van der Waals surface area contributed by atoms with Crippen molar-refractivity contribution in [1.29, 1.82) is 0 Å². The largest absolute Gasteiger partial charge is 0.379 e. The standard InChI is InChI=1S/C20H22ClN3OS/c21-17-4-1-2-5-19(17)24(9-8-23-10-12-25-13-11-23)15-16-14-18-20(26-16)6-3-7-22-18/h1-7,14H,8-13,15H2. The first-order valence-corrected chi connectivity index (χ1v) is 10.1. The lowest BCUT2D eigenvalue weighted by molar-refractivity contribution is 0.0391. The summed E-state index contributed by atoms with van der Waals surface area (Å²) < 4.78 is 6.69. The van der Waals surface area contributed by atoms with Crippen molar-refractivity contribution in [2.45, 2.75) is 6.54 Å². The Kier molecular flexibility index (Phi) is 5.70. The average Bonchev–Trinajstić information content (AvgIpc) is 3.09. The Hall–Kier alpha value is -1.66. The molecule has 4 rings (SSSR count). The molecule has 1 fully saturated rings. The van der Waals surface area contributed by atoms with Crippen LogP contribution in [-0.2, 0) is 11.3 Å². The summed E-state index contributed by atoms with van der Waals surface area (Å²) in [5, 5.41) is 0.800. The van der Waals surface area contributed by atoms with Gasteiger partial charge in [0.15, 0.2) is 0 Å². The van der Waals surface area contributed by atoms with Crippen LogP contribution in [0.3, 0.4) is 0 Å². The van der Waals surface area contributed by atoms with E-state index in [0.29, 0.717) is 0 Å². The van der Waals surface area contributed by atoms with E-state index >= 15 is 0 Å². The maximum atomic E-state index is 6.50. The van der Waals surface area contributed by atoms with Gasteiger partial charge in [-0.05, 0) is 30.3 Å². The normalized spacial score (nSPS) is 15.4. The van der Waals surface area contributed by atoms with Gasteiger partial charge in [0.25, 0.3) is 0 Å². The Bertz CT molecular complexity index is 830. The first-order valence-electron chi connectivity index (χ1n) is 8.92. The first kappa shape index (κ1) is 17.7. The fourth-order valence-corrected chi connectivity index (χ4v) is 4.56. The fourth-order valence-electron chi connectivity index (χ4n) is 3.27. The number of pyridine rings is 1. The monoisotopic (exact) mass is 387 g/mol. The van der Waals surface area contributed by atoms with Crippen LogP contribution in [0.2, 0.25) is 5.02 Å². The molecule has 0 amide bonds. The highest BCUT2D eigenvalue weighted by atomic mass is 35.5. The summed E-state index contributed by atoms with van der Waals surface area (Å²) in [6.07, 6.45) is 1.85. The molecular formula is C20H22ClN3OS. The van der Waals surface area contributed by atoms with Crippen molar-refractivity contribution < 1.29 is 4.74 Å². The summed E-state index contributed by atoms with van der Waals surface area (Å²) in [6, 6.07) is 14.4. The van der Waals surface area contributed by atoms with E-state index in [1.165, 1.54) is 9.58 Å². The predicted octanol–water partition coefficient (Wildman–Crippen LogP) is 4.29. The van der Waals surface area contributed by atoms with Crippen molar-refractivity contribution in [2.75, 3.05) is 44.3 Å². The maximum Gasteiger partial charge on any atom is 0.0813 e. The summed E-state index contributed by atoms with van der Waals surface area (Å²) in [6.45, 7) is 6.45. The molecule has 1 aromatic carbocycles. The molecule has 0 bridgehead atoms. The Balaban J connectivity index is 1.54. The fraction of sp³-hybridized carbons (Fsp3) is 0.350. The minimum Gasteiger partial charge on any atom is -0.379 e. The minimum atomic E-state index is 0.800. The van der Waals surface area contributed by atoms with Gasteiger partial charge in [-0.3, -0.25) is 9.88 Å². The first-order chi connectivity index (χ1) is 12.8. The van der Waals surface area contributed by atoms with Gasteiger partial charge in [0.05, 0.1) is 40.7 Å². The Morgan fingerprint density at radius 2 is 2.00 bits per heavy atom. The van der Waals surface area contributed by atoms with Gasteiger partial charge in [-0.1, -0.05) is 23.7 Å². The summed E-state index contributed by atoms with van der Waals surface area (Å²) in [5.74, 6) is 0. The molecule has 0 spiro atoms. The topological polar surface area (TPSA) is 28.6 Å². The second kappa shape index (κ2) is 8.35. The number of halogens is 1. The quantitative estimate of drug-likeness (QED) is 0.630. The molecule has 6 heteroatoms. The predicted molar refractivity (Wildman–Crippen MR) is 109 cm³/mol. The van der Waals surface area contributed by atoms with Crippen LogP contribution in [0.5, 0.6) is 0 Å². The number of para-hydroxylation sites is 1. The van der Waals surface area contributed by atoms with Crippen molar-refractivity contribution >= 4 is 38.8 Å². The molecule has 1 aliphatic heterocycles. The zero-order valence-electron chi connectivity index (χ0n) is 14.6. The third-order valence-corrected chi connectivity index (χ3v) is 6.06. The number of hydrogen-bond donors (Lipinski definition) is 0. The molecule has 3 aromatic rings. The van der Waals surface area contributed by atoms with E-state index in [0.717, 1.165) is 62.2 Å². The number of morpholine rings is 1. The zero-order chi connectivity index (χ0) is 17.8. The second-order valence-corrected chi connectivity index (χ2v) is 8.00. The van der Waals surface area contributed by atoms with E-state index in [-0.39, 0.29) is 0 Å². The van der Waals surface area contributed by atoms with Gasteiger partial charge in [-0.2, -0.15) is 0 Å². The molecule has 0 aliphatic carbocycles. The van der Waals surface area contributed by atoms with Gasteiger partial charge in [-0.15, -0.1) is 11.3 Å². The van der Waals surface area contributed by atoms with Crippen LogP contribution in [-0.4, -0.2) is 49.3 Å². The number of benzene rings is 1. The van der Waals surface area contributed by atoms with Crippen molar-refractivity contribution in [1.82, 2.24) is 9.88 Å². The van der Waals surface area contributed by atoms with Crippen LogP contribution in [0.4, 0.5) is 5.69 Å². The molecule has 1 aliphatic rings. The number of anilines is 1. The van der Waals surface area contributed by atoms with Gasteiger partial charge >= 0.3 is 0 Å². The number of nitrogens with zero attached hydrogens (tertiary/aromatic N) is 3. The van der Waals surface area contributed by atoms with E-state index in [1.54, 1.807) is 11.3 Å². The lowest BCUT2D eigenvalue weighted by atomic mass is 10.2. The van der Waals surface area contributed by atoms with E-state index in [1.807, 2.05) is 24.4 Å². The van der Waals surface area contributed by atoms with E-state index in [2.05, 4.69) is 39.0 Å². The van der Waals surface area contributed by atoms with Crippen LogP contribution < -0.4 is 4.90 Å². The molecule has 4 nitrogen and oxygen atoms in total. The molecule has 1 saturated heterocycles. The van der Waals surface area contributed by atoms with E-state index in [9.17, 15) is 0 Å². The average molecular weight is 388 g/mol. The highest BCUT2D eigenvalue weighted by Crippen LogP contribution is 2.30. The summed E-state index contributed by atoms with van der Waals surface area (Å²) in [5.41, 5.74) is 2.16. The molecule has 0 unspecified atom stereocenters. The number of hydrogen-bond acceptors (Lipinski definition) is 5. The second-order valence-electron chi connectivity index (χ2n) is 6.43. The minimum absolute atomic E-state index is 0.800. The molecule has 0 saturated carbocycles. The molecule has 26 heavy (non-hydrogen) atoms. The molecular weight excluding hydrogens is 366 g/mol. The van der Waals surface area contributed by atoms with E-state index in [4.69, 9.17) is 16.3 Å². The summed E-state index contributed by atoms with van der Waals surface area (Å²) in [7, 11) is 0. The Morgan fingerprint density at radius 1 is 1.15 bits per heavy atom. The van der Waals surface area contributed by atoms with Crippen molar-refractivity contribution in [3.63, 3.8) is 0 Å². The molecule has 3 heterocycles. The van der Waals surface area contributed by atoms with Gasteiger partial charge in [0.2, 0.25) is 0 Å².